The number of ether oxygens (including phenoxy) is 1. The highest BCUT2D eigenvalue weighted by Gasteiger charge is 2.27. The van der Waals surface area contributed by atoms with E-state index in [4.69, 9.17) is 4.74 Å². The Morgan fingerprint density at radius 1 is 1.26 bits per heavy atom. The van der Waals surface area contributed by atoms with Gasteiger partial charge in [-0.05, 0) is 26.0 Å². The molecule has 1 N–H and O–H groups in total. The Morgan fingerprint density at radius 2 is 1.89 bits per heavy atom. The van der Waals surface area contributed by atoms with E-state index >= 15 is 0 Å². The van der Waals surface area contributed by atoms with Crippen molar-refractivity contribution in [3.63, 3.8) is 0 Å². The predicted octanol–water partition coefficient (Wildman–Crippen LogP) is 0.444. The Balaban J connectivity index is 2.05. The van der Waals surface area contributed by atoms with Crippen LogP contribution in [0.25, 0.3) is 0 Å². The van der Waals surface area contributed by atoms with Crippen LogP contribution in [0, 0.1) is 0 Å². The number of methoxy groups -OCH3 is 1. The van der Waals surface area contributed by atoms with E-state index in [1.54, 1.807) is 12.0 Å². The summed E-state index contributed by atoms with van der Waals surface area (Å²) in [4.78, 5) is 16.0. The zero-order valence-electron chi connectivity index (χ0n) is 12.0. The third-order valence-corrected chi connectivity index (χ3v) is 3.85. The first kappa shape index (κ1) is 13.9. The van der Waals surface area contributed by atoms with E-state index in [-0.39, 0.29) is 5.91 Å². The van der Waals surface area contributed by atoms with Crippen molar-refractivity contribution in [2.45, 2.75) is 19.9 Å². The monoisotopic (exact) mass is 263 g/mol. The molecule has 0 spiro atoms. The first-order valence-corrected chi connectivity index (χ1v) is 6.90. The lowest BCUT2D eigenvalue weighted by atomic mass is 10.1. The third-order valence-electron chi connectivity index (χ3n) is 3.85. The van der Waals surface area contributed by atoms with Gasteiger partial charge in [-0.15, -0.1) is 0 Å². The molecule has 1 fully saturated rings. The summed E-state index contributed by atoms with van der Waals surface area (Å²) in [6.07, 6.45) is 0. The quantitative estimate of drug-likeness (QED) is 0.859. The second kappa shape index (κ2) is 6.06. The molecule has 0 radical (unpaired) electrons. The average molecular weight is 263 g/mol. The largest absolute Gasteiger partial charge is 0.496 e. The smallest absolute Gasteiger partial charge is 0.258 e. The van der Waals surface area contributed by atoms with Gasteiger partial charge in [-0.1, -0.05) is 12.1 Å². The van der Waals surface area contributed by atoms with Gasteiger partial charge in [-0.25, -0.2) is 0 Å². The molecule has 104 valence electrons. The summed E-state index contributed by atoms with van der Waals surface area (Å²) in [5, 5.41) is 0. The van der Waals surface area contributed by atoms with Gasteiger partial charge in [0.1, 0.15) is 5.75 Å². The standard InChI is InChI=1S/C15H22N2O2/c1-12(2)16-8-10-17(11-9-16)15(18)13-6-4-5-7-14(13)19-3/h4-7,12H,8-11H2,1-3H3/p+1. The number of quaternary nitrogens is 1. The molecule has 1 saturated heterocycles. The summed E-state index contributed by atoms with van der Waals surface area (Å²) in [5.74, 6) is 0.742. The molecular formula is C15H23N2O2+. The van der Waals surface area contributed by atoms with E-state index in [9.17, 15) is 4.79 Å². The zero-order valence-corrected chi connectivity index (χ0v) is 12.0. The number of carbonyl (C=O) groups excluding carboxylic acids is 1. The van der Waals surface area contributed by atoms with Gasteiger partial charge in [0.05, 0.1) is 44.9 Å². The van der Waals surface area contributed by atoms with Gasteiger partial charge in [-0.3, -0.25) is 4.79 Å². The van der Waals surface area contributed by atoms with E-state index in [0.717, 1.165) is 26.2 Å². The molecule has 1 amide bonds. The number of hydrogen-bond donors (Lipinski definition) is 1. The van der Waals surface area contributed by atoms with Crippen molar-refractivity contribution in [1.29, 1.82) is 0 Å². The fraction of sp³-hybridized carbons (Fsp3) is 0.533. The molecule has 1 aliphatic heterocycles. The molecule has 2 rings (SSSR count). The number of amides is 1. The molecule has 1 aromatic carbocycles. The van der Waals surface area contributed by atoms with Crippen molar-refractivity contribution < 1.29 is 14.4 Å². The van der Waals surface area contributed by atoms with E-state index < -0.39 is 0 Å². The maximum atomic E-state index is 12.5. The predicted molar refractivity (Wildman–Crippen MR) is 74.7 cm³/mol. The molecule has 0 unspecified atom stereocenters. The number of benzene rings is 1. The van der Waals surface area contributed by atoms with Crippen LogP contribution in [0.5, 0.6) is 5.75 Å². The van der Waals surface area contributed by atoms with Crippen LogP contribution >= 0.6 is 0 Å². The number of nitrogens with one attached hydrogen (secondary N) is 1. The van der Waals surface area contributed by atoms with Crippen LogP contribution in [0.2, 0.25) is 0 Å². The molecule has 0 bridgehead atoms. The molecule has 1 aliphatic rings. The van der Waals surface area contributed by atoms with E-state index in [1.807, 2.05) is 29.2 Å². The number of rotatable bonds is 3. The summed E-state index contributed by atoms with van der Waals surface area (Å²) in [6, 6.07) is 8.07. The molecule has 1 aromatic rings. The normalized spacial score (nSPS) is 16.7. The summed E-state index contributed by atoms with van der Waals surface area (Å²) >= 11 is 0. The van der Waals surface area contributed by atoms with Crippen LogP contribution in [0.15, 0.2) is 24.3 Å². The van der Waals surface area contributed by atoms with Crippen LogP contribution in [0.3, 0.4) is 0 Å². The van der Waals surface area contributed by atoms with Gasteiger partial charge in [-0.2, -0.15) is 0 Å². The summed E-state index contributed by atoms with van der Waals surface area (Å²) < 4.78 is 5.26. The minimum atomic E-state index is 0.0836. The molecule has 1 heterocycles. The highest BCUT2D eigenvalue weighted by atomic mass is 16.5. The molecular weight excluding hydrogens is 240 g/mol. The maximum absolute atomic E-state index is 12.5. The summed E-state index contributed by atoms with van der Waals surface area (Å²) in [5.41, 5.74) is 0.665. The third kappa shape index (κ3) is 3.07. The van der Waals surface area contributed by atoms with Crippen molar-refractivity contribution in [2.75, 3.05) is 33.3 Å². The molecule has 0 atom stereocenters. The minimum Gasteiger partial charge on any atom is -0.496 e. The highest BCUT2D eigenvalue weighted by Crippen LogP contribution is 2.19. The Labute approximate surface area is 115 Å². The molecule has 4 nitrogen and oxygen atoms in total. The lowest BCUT2D eigenvalue weighted by molar-refractivity contribution is -0.925. The Kier molecular flexibility index (Phi) is 4.43. The van der Waals surface area contributed by atoms with Gasteiger partial charge in [0.25, 0.3) is 5.91 Å². The summed E-state index contributed by atoms with van der Waals surface area (Å²) in [7, 11) is 1.60. The van der Waals surface area contributed by atoms with E-state index in [1.165, 1.54) is 0 Å². The van der Waals surface area contributed by atoms with Crippen molar-refractivity contribution in [1.82, 2.24) is 4.90 Å². The number of hydrogen-bond acceptors (Lipinski definition) is 2. The van der Waals surface area contributed by atoms with Crippen LogP contribution < -0.4 is 9.64 Å². The van der Waals surface area contributed by atoms with E-state index in [2.05, 4.69) is 13.8 Å². The molecule has 0 aromatic heterocycles. The van der Waals surface area contributed by atoms with Crippen LogP contribution in [-0.4, -0.2) is 50.1 Å². The zero-order chi connectivity index (χ0) is 13.8. The van der Waals surface area contributed by atoms with Crippen molar-refractivity contribution in [3.05, 3.63) is 29.8 Å². The van der Waals surface area contributed by atoms with Gasteiger partial charge >= 0.3 is 0 Å². The maximum Gasteiger partial charge on any atom is 0.258 e. The Morgan fingerprint density at radius 3 is 2.47 bits per heavy atom. The van der Waals surface area contributed by atoms with Gasteiger partial charge in [0.15, 0.2) is 0 Å². The van der Waals surface area contributed by atoms with Crippen molar-refractivity contribution >= 4 is 5.91 Å². The van der Waals surface area contributed by atoms with Crippen LogP contribution in [0.1, 0.15) is 24.2 Å². The second-order valence-electron chi connectivity index (χ2n) is 5.31. The molecule has 19 heavy (non-hydrogen) atoms. The number of carbonyl (C=O) groups is 1. The molecule has 0 saturated carbocycles. The Bertz CT molecular complexity index is 438. The first-order valence-electron chi connectivity index (χ1n) is 6.90. The highest BCUT2D eigenvalue weighted by molar-refractivity contribution is 5.97. The fourth-order valence-electron chi connectivity index (χ4n) is 2.57. The SMILES string of the molecule is COc1ccccc1C(=O)N1CC[NH+](C(C)C)CC1. The summed E-state index contributed by atoms with van der Waals surface area (Å²) in [6.45, 7) is 8.16. The average Bonchev–Trinajstić information content (AvgIpc) is 2.46. The number of nitrogens with zero attached hydrogens (tertiary/aromatic N) is 1. The van der Waals surface area contributed by atoms with Gasteiger partial charge in [0.2, 0.25) is 0 Å². The fourth-order valence-corrected chi connectivity index (χ4v) is 2.57. The van der Waals surface area contributed by atoms with Crippen molar-refractivity contribution in [2.24, 2.45) is 0 Å². The van der Waals surface area contributed by atoms with Gasteiger partial charge < -0.3 is 14.5 Å². The second-order valence-corrected chi connectivity index (χ2v) is 5.31. The van der Waals surface area contributed by atoms with Crippen molar-refractivity contribution in [3.8, 4) is 5.75 Å². The molecule has 4 heteroatoms. The lowest BCUT2D eigenvalue weighted by Gasteiger charge is -2.34. The van der Waals surface area contributed by atoms with Crippen LogP contribution in [-0.2, 0) is 0 Å². The number of piperazine rings is 1. The Hall–Kier alpha value is -1.55. The topological polar surface area (TPSA) is 34.0 Å². The number of para-hydroxylation sites is 1. The van der Waals surface area contributed by atoms with Crippen LogP contribution in [0.4, 0.5) is 0 Å². The van der Waals surface area contributed by atoms with E-state index in [0.29, 0.717) is 17.4 Å². The lowest BCUT2D eigenvalue weighted by Crippen LogP contribution is -3.17. The molecule has 0 aliphatic carbocycles. The minimum absolute atomic E-state index is 0.0836. The first-order chi connectivity index (χ1) is 9.13. The van der Waals surface area contributed by atoms with Gasteiger partial charge in [0, 0.05) is 0 Å².